The molecular formula is C25H26N2O3. The number of aryl methyl sites for hydroxylation is 1. The minimum atomic E-state index is -0.125. The molecule has 0 bridgehead atoms. The van der Waals surface area contributed by atoms with E-state index in [2.05, 4.69) is 10.2 Å². The van der Waals surface area contributed by atoms with Gasteiger partial charge in [0.1, 0.15) is 11.5 Å². The van der Waals surface area contributed by atoms with Crippen LogP contribution in [-0.2, 0) is 11.3 Å². The van der Waals surface area contributed by atoms with Crippen molar-refractivity contribution in [2.45, 2.75) is 13.5 Å². The Bertz CT molecular complexity index is 978. The first-order valence-corrected chi connectivity index (χ1v) is 10.2. The maximum Gasteiger partial charge on any atom is 0.255 e. The van der Waals surface area contributed by atoms with Gasteiger partial charge in [-0.2, -0.15) is 0 Å². The Balaban J connectivity index is 1.33. The van der Waals surface area contributed by atoms with Gasteiger partial charge in [0, 0.05) is 30.9 Å². The van der Waals surface area contributed by atoms with Crippen LogP contribution in [0.1, 0.15) is 21.5 Å². The second-order valence-electron chi connectivity index (χ2n) is 7.48. The van der Waals surface area contributed by atoms with E-state index in [1.165, 1.54) is 5.56 Å². The van der Waals surface area contributed by atoms with E-state index in [-0.39, 0.29) is 5.91 Å². The molecule has 4 rings (SSSR count). The molecule has 1 saturated heterocycles. The largest absolute Gasteiger partial charge is 0.457 e. The number of anilines is 1. The lowest BCUT2D eigenvalue weighted by Gasteiger charge is -2.26. The Labute approximate surface area is 177 Å². The molecule has 1 heterocycles. The highest BCUT2D eigenvalue weighted by Crippen LogP contribution is 2.24. The summed E-state index contributed by atoms with van der Waals surface area (Å²) in [6, 6.07) is 23.1. The van der Waals surface area contributed by atoms with Crippen molar-refractivity contribution in [1.82, 2.24) is 4.90 Å². The molecule has 3 aromatic carbocycles. The van der Waals surface area contributed by atoms with E-state index in [0.717, 1.165) is 55.6 Å². The molecule has 0 unspecified atom stereocenters. The quantitative estimate of drug-likeness (QED) is 0.639. The predicted octanol–water partition coefficient (Wildman–Crippen LogP) is 4.87. The average Bonchev–Trinajstić information content (AvgIpc) is 2.76. The molecule has 1 aliphatic heterocycles. The summed E-state index contributed by atoms with van der Waals surface area (Å²) in [4.78, 5) is 14.9. The number of carbonyl (C=O) groups is 1. The SMILES string of the molecule is Cc1cccc(Oc2ccc(NC(=O)c3ccc(CN4CCOCC4)cc3)cc2)c1. The van der Waals surface area contributed by atoms with Crippen molar-refractivity contribution >= 4 is 11.6 Å². The maximum atomic E-state index is 12.6. The Hall–Kier alpha value is -3.15. The van der Waals surface area contributed by atoms with Crippen LogP contribution in [0.3, 0.4) is 0 Å². The van der Waals surface area contributed by atoms with Gasteiger partial charge in [0.2, 0.25) is 0 Å². The average molecular weight is 402 g/mol. The van der Waals surface area contributed by atoms with Gasteiger partial charge in [0.05, 0.1) is 13.2 Å². The Morgan fingerprint density at radius 3 is 2.40 bits per heavy atom. The lowest BCUT2D eigenvalue weighted by atomic mass is 10.1. The number of nitrogens with one attached hydrogen (secondary N) is 1. The molecule has 3 aromatic rings. The maximum absolute atomic E-state index is 12.6. The Kier molecular flexibility index (Phi) is 6.42. The number of nitrogens with zero attached hydrogens (tertiary/aromatic N) is 1. The summed E-state index contributed by atoms with van der Waals surface area (Å²) >= 11 is 0. The van der Waals surface area contributed by atoms with Crippen molar-refractivity contribution in [2.24, 2.45) is 0 Å². The fourth-order valence-corrected chi connectivity index (χ4v) is 3.40. The molecule has 0 spiro atoms. The van der Waals surface area contributed by atoms with E-state index in [4.69, 9.17) is 9.47 Å². The Morgan fingerprint density at radius 2 is 1.70 bits per heavy atom. The van der Waals surface area contributed by atoms with Gasteiger partial charge in [0.15, 0.2) is 0 Å². The monoisotopic (exact) mass is 402 g/mol. The van der Waals surface area contributed by atoms with Crippen molar-refractivity contribution in [2.75, 3.05) is 31.6 Å². The molecule has 5 heteroatoms. The summed E-state index contributed by atoms with van der Waals surface area (Å²) in [5.41, 5.74) is 3.72. The summed E-state index contributed by atoms with van der Waals surface area (Å²) in [7, 11) is 0. The molecule has 0 aliphatic carbocycles. The minimum Gasteiger partial charge on any atom is -0.457 e. The van der Waals surface area contributed by atoms with Gasteiger partial charge in [-0.15, -0.1) is 0 Å². The molecule has 30 heavy (non-hydrogen) atoms. The number of rotatable bonds is 6. The zero-order chi connectivity index (χ0) is 20.8. The van der Waals surface area contributed by atoms with E-state index in [0.29, 0.717) is 5.56 Å². The van der Waals surface area contributed by atoms with Gasteiger partial charge < -0.3 is 14.8 Å². The molecule has 1 amide bonds. The summed E-state index contributed by atoms with van der Waals surface area (Å²) in [6.45, 7) is 6.39. The fraction of sp³-hybridized carbons (Fsp3) is 0.240. The van der Waals surface area contributed by atoms with Crippen LogP contribution in [0.2, 0.25) is 0 Å². The molecule has 0 aromatic heterocycles. The number of morpholine rings is 1. The molecule has 1 aliphatic rings. The normalized spacial score (nSPS) is 14.3. The molecular weight excluding hydrogens is 376 g/mol. The lowest BCUT2D eigenvalue weighted by molar-refractivity contribution is 0.0342. The highest BCUT2D eigenvalue weighted by molar-refractivity contribution is 6.04. The van der Waals surface area contributed by atoms with E-state index in [9.17, 15) is 4.79 Å². The molecule has 1 fully saturated rings. The summed E-state index contributed by atoms with van der Waals surface area (Å²) < 4.78 is 11.2. The number of benzene rings is 3. The third-order valence-corrected chi connectivity index (χ3v) is 5.06. The third-order valence-electron chi connectivity index (χ3n) is 5.06. The number of hydrogen-bond donors (Lipinski definition) is 1. The second-order valence-corrected chi connectivity index (χ2v) is 7.48. The summed E-state index contributed by atoms with van der Waals surface area (Å²) in [6.07, 6.45) is 0. The van der Waals surface area contributed by atoms with Crippen LogP contribution in [0.25, 0.3) is 0 Å². The van der Waals surface area contributed by atoms with Gasteiger partial charge in [0.25, 0.3) is 5.91 Å². The smallest absolute Gasteiger partial charge is 0.255 e. The standard InChI is InChI=1S/C25H26N2O3/c1-19-3-2-4-24(17-19)30-23-11-9-22(10-12-23)26-25(28)21-7-5-20(6-8-21)18-27-13-15-29-16-14-27/h2-12,17H,13-16,18H2,1H3,(H,26,28). The van der Waals surface area contributed by atoms with Gasteiger partial charge in [-0.1, -0.05) is 24.3 Å². The van der Waals surface area contributed by atoms with Crippen LogP contribution in [0.4, 0.5) is 5.69 Å². The van der Waals surface area contributed by atoms with Crippen LogP contribution in [0, 0.1) is 6.92 Å². The van der Waals surface area contributed by atoms with E-state index in [1.54, 1.807) is 0 Å². The first-order valence-electron chi connectivity index (χ1n) is 10.2. The van der Waals surface area contributed by atoms with E-state index >= 15 is 0 Å². The number of hydrogen-bond acceptors (Lipinski definition) is 4. The second kappa shape index (κ2) is 9.57. The first-order chi connectivity index (χ1) is 14.7. The molecule has 1 N–H and O–H groups in total. The van der Waals surface area contributed by atoms with Crippen LogP contribution >= 0.6 is 0 Å². The van der Waals surface area contributed by atoms with E-state index < -0.39 is 0 Å². The number of carbonyl (C=O) groups excluding carboxylic acids is 1. The minimum absolute atomic E-state index is 0.125. The number of ether oxygens (including phenoxy) is 2. The zero-order valence-corrected chi connectivity index (χ0v) is 17.1. The van der Waals surface area contributed by atoms with Gasteiger partial charge in [-0.05, 0) is 66.6 Å². The molecule has 0 atom stereocenters. The van der Waals surface area contributed by atoms with Crippen molar-refractivity contribution < 1.29 is 14.3 Å². The Morgan fingerprint density at radius 1 is 0.967 bits per heavy atom. The molecule has 0 saturated carbocycles. The summed E-state index contributed by atoms with van der Waals surface area (Å²) in [5, 5.41) is 2.94. The van der Waals surface area contributed by atoms with Crippen LogP contribution in [0.15, 0.2) is 72.8 Å². The van der Waals surface area contributed by atoms with Gasteiger partial charge in [-0.25, -0.2) is 0 Å². The predicted molar refractivity (Wildman–Crippen MR) is 118 cm³/mol. The van der Waals surface area contributed by atoms with Crippen molar-refractivity contribution in [3.05, 3.63) is 89.5 Å². The van der Waals surface area contributed by atoms with Crippen LogP contribution < -0.4 is 10.1 Å². The van der Waals surface area contributed by atoms with Gasteiger partial charge in [-0.3, -0.25) is 9.69 Å². The highest BCUT2D eigenvalue weighted by Gasteiger charge is 2.11. The molecule has 5 nitrogen and oxygen atoms in total. The highest BCUT2D eigenvalue weighted by atomic mass is 16.5. The van der Waals surface area contributed by atoms with Crippen molar-refractivity contribution in [3.63, 3.8) is 0 Å². The van der Waals surface area contributed by atoms with Crippen LogP contribution in [0.5, 0.6) is 11.5 Å². The molecule has 0 radical (unpaired) electrons. The number of amides is 1. The van der Waals surface area contributed by atoms with E-state index in [1.807, 2.05) is 79.7 Å². The third kappa shape index (κ3) is 5.47. The fourth-order valence-electron chi connectivity index (χ4n) is 3.40. The topological polar surface area (TPSA) is 50.8 Å². The van der Waals surface area contributed by atoms with Crippen LogP contribution in [-0.4, -0.2) is 37.1 Å². The summed E-state index contributed by atoms with van der Waals surface area (Å²) in [5.74, 6) is 1.40. The zero-order valence-electron chi connectivity index (χ0n) is 17.1. The van der Waals surface area contributed by atoms with Crippen molar-refractivity contribution in [3.8, 4) is 11.5 Å². The molecule has 154 valence electrons. The van der Waals surface area contributed by atoms with Gasteiger partial charge >= 0.3 is 0 Å². The van der Waals surface area contributed by atoms with Crippen molar-refractivity contribution in [1.29, 1.82) is 0 Å². The first kappa shape index (κ1) is 20.1. The lowest BCUT2D eigenvalue weighted by Crippen LogP contribution is -2.35.